The first-order valence-electron chi connectivity index (χ1n) is 6.40. The summed E-state index contributed by atoms with van der Waals surface area (Å²) >= 11 is 0. The van der Waals surface area contributed by atoms with Crippen molar-refractivity contribution in [1.82, 2.24) is 9.88 Å². The first-order chi connectivity index (χ1) is 8.27. The standard InChI is InChI=1S/C12H16N2O.C2H6/c1-14-7-3-5-11(9-14)12(15)10-4-2-6-13-8-10;1-2/h2,4,6,8,11H,3,5,7,9H2,1H3;1-2H3. The largest absolute Gasteiger partial charge is 0.306 e. The number of piperidine rings is 1. The van der Waals surface area contributed by atoms with Gasteiger partial charge in [-0.05, 0) is 38.6 Å². The fraction of sp³-hybridized carbons (Fsp3) is 0.571. The predicted molar refractivity (Wildman–Crippen MR) is 70.1 cm³/mol. The molecule has 3 nitrogen and oxygen atoms in total. The van der Waals surface area contributed by atoms with Crippen LogP contribution in [-0.4, -0.2) is 35.8 Å². The average molecular weight is 234 g/mol. The zero-order chi connectivity index (χ0) is 12.7. The Balaban J connectivity index is 0.000000686. The number of carbonyl (C=O) groups is 1. The molecule has 94 valence electrons. The van der Waals surface area contributed by atoms with Gasteiger partial charge in [0.15, 0.2) is 5.78 Å². The third kappa shape index (κ3) is 3.93. The lowest BCUT2D eigenvalue weighted by Gasteiger charge is -2.28. The SMILES string of the molecule is CC.CN1CCCC(C(=O)c2cccnc2)C1. The van der Waals surface area contributed by atoms with Crippen molar-refractivity contribution >= 4 is 5.78 Å². The van der Waals surface area contributed by atoms with E-state index in [1.807, 2.05) is 26.0 Å². The van der Waals surface area contributed by atoms with E-state index in [1.54, 1.807) is 12.4 Å². The van der Waals surface area contributed by atoms with Gasteiger partial charge in [-0.25, -0.2) is 0 Å². The number of pyridine rings is 1. The van der Waals surface area contributed by atoms with Crippen LogP contribution in [0.5, 0.6) is 0 Å². The maximum Gasteiger partial charge on any atom is 0.168 e. The van der Waals surface area contributed by atoms with Gasteiger partial charge in [0.1, 0.15) is 0 Å². The fourth-order valence-corrected chi connectivity index (χ4v) is 2.12. The molecule has 0 spiro atoms. The molecule has 0 N–H and O–H groups in total. The van der Waals surface area contributed by atoms with Gasteiger partial charge < -0.3 is 4.90 Å². The van der Waals surface area contributed by atoms with E-state index in [4.69, 9.17) is 0 Å². The van der Waals surface area contributed by atoms with Gasteiger partial charge in [-0.3, -0.25) is 9.78 Å². The zero-order valence-electron chi connectivity index (χ0n) is 11.0. The molecule has 1 aliphatic heterocycles. The lowest BCUT2D eigenvalue weighted by atomic mass is 9.91. The maximum atomic E-state index is 12.1. The summed E-state index contributed by atoms with van der Waals surface area (Å²) < 4.78 is 0. The van der Waals surface area contributed by atoms with Crippen molar-refractivity contribution in [3.63, 3.8) is 0 Å². The van der Waals surface area contributed by atoms with Gasteiger partial charge >= 0.3 is 0 Å². The number of hydrogen-bond acceptors (Lipinski definition) is 3. The fourth-order valence-electron chi connectivity index (χ4n) is 2.12. The van der Waals surface area contributed by atoms with Crippen molar-refractivity contribution in [2.75, 3.05) is 20.1 Å². The second kappa shape index (κ2) is 7.17. The van der Waals surface area contributed by atoms with Crippen LogP contribution < -0.4 is 0 Å². The van der Waals surface area contributed by atoms with Crippen LogP contribution in [-0.2, 0) is 0 Å². The minimum absolute atomic E-state index is 0.160. The van der Waals surface area contributed by atoms with E-state index in [2.05, 4.69) is 16.9 Å². The van der Waals surface area contributed by atoms with Crippen molar-refractivity contribution in [1.29, 1.82) is 0 Å². The number of nitrogens with zero attached hydrogens (tertiary/aromatic N) is 2. The number of likely N-dealkylation sites (tertiary alicyclic amines) is 1. The number of Topliss-reactive ketones (excluding diaryl/α,β-unsaturated/α-hetero) is 1. The summed E-state index contributed by atoms with van der Waals surface area (Å²) in [6.45, 7) is 5.99. The number of ketones is 1. The lowest BCUT2D eigenvalue weighted by molar-refractivity contribution is 0.0843. The molecule has 1 fully saturated rings. The number of rotatable bonds is 2. The second-order valence-corrected chi connectivity index (χ2v) is 4.21. The van der Waals surface area contributed by atoms with Gasteiger partial charge in [-0.2, -0.15) is 0 Å². The van der Waals surface area contributed by atoms with Crippen molar-refractivity contribution in [3.05, 3.63) is 30.1 Å². The third-order valence-electron chi connectivity index (χ3n) is 2.94. The Hall–Kier alpha value is -1.22. The molecule has 0 aromatic carbocycles. The van der Waals surface area contributed by atoms with E-state index in [0.717, 1.165) is 31.5 Å². The number of aromatic nitrogens is 1. The summed E-state index contributed by atoms with van der Waals surface area (Å²) in [6.07, 6.45) is 5.49. The molecule has 0 bridgehead atoms. The quantitative estimate of drug-likeness (QED) is 0.738. The summed E-state index contributed by atoms with van der Waals surface area (Å²) in [4.78, 5) is 18.3. The normalized spacial score (nSPS) is 20.3. The topological polar surface area (TPSA) is 33.2 Å². The van der Waals surface area contributed by atoms with Gasteiger partial charge in [0, 0.05) is 30.4 Å². The van der Waals surface area contributed by atoms with Crippen molar-refractivity contribution in [2.24, 2.45) is 5.92 Å². The first kappa shape index (κ1) is 13.8. The predicted octanol–water partition coefficient (Wildman–Crippen LogP) is 2.63. The van der Waals surface area contributed by atoms with Gasteiger partial charge in [0.25, 0.3) is 0 Å². The van der Waals surface area contributed by atoms with E-state index < -0.39 is 0 Å². The number of carbonyl (C=O) groups excluding carboxylic acids is 1. The Morgan fingerprint density at radius 3 is 2.82 bits per heavy atom. The molecule has 0 aliphatic carbocycles. The van der Waals surface area contributed by atoms with Crippen LogP contribution in [0.3, 0.4) is 0 Å². The van der Waals surface area contributed by atoms with Crippen LogP contribution in [0, 0.1) is 5.92 Å². The molecular weight excluding hydrogens is 212 g/mol. The van der Waals surface area contributed by atoms with Gasteiger partial charge in [-0.15, -0.1) is 0 Å². The van der Waals surface area contributed by atoms with Crippen molar-refractivity contribution in [3.8, 4) is 0 Å². The highest BCUT2D eigenvalue weighted by Gasteiger charge is 2.24. The van der Waals surface area contributed by atoms with E-state index in [9.17, 15) is 4.79 Å². The maximum absolute atomic E-state index is 12.1. The highest BCUT2D eigenvalue weighted by molar-refractivity contribution is 5.97. The molecule has 1 saturated heterocycles. The summed E-state index contributed by atoms with van der Waals surface area (Å²) in [5.41, 5.74) is 0.748. The Bertz CT molecular complexity index is 337. The van der Waals surface area contributed by atoms with Crippen LogP contribution in [0.25, 0.3) is 0 Å². The van der Waals surface area contributed by atoms with Crippen LogP contribution in [0.15, 0.2) is 24.5 Å². The molecule has 0 saturated carbocycles. The van der Waals surface area contributed by atoms with E-state index in [-0.39, 0.29) is 11.7 Å². The number of hydrogen-bond donors (Lipinski definition) is 0. The Morgan fingerprint density at radius 1 is 1.47 bits per heavy atom. The summed E-state index contributed by atoms with van der Waals surface area (Å²) in [7, 11) is 2.07. The van der Waals surface area contributed by atoms with Gasteiger partial charge in [-0.1, -0.05) is 13.8 Å². The third-order valence-corrected chi connectivity index (χ3v) is 2.94. The zero-order valence-corrected chi connectivity index (χ0v) is 11.0. The van der Waals surface area contributed by atoms with E-state index in [0.29, 0.717) is 0 Å². The molecule has 3 heteroatoms. The minimum Gasteiger partial charge on any atom is -0.306 e. The Kier molecular flexibility index (Phi) is 5.84. The smallest absolute Gasteiger partial charge is 0.168 e. The van der Waals surface area contributed by atoms with Crippen LogP contribution >= 0.6 is 0 Å². The van der Waals surface area contributed by atoms with Crippen molar-refractivity contribution in [2.45, 2.75) is 26.7 Å². The molecule has 1 atom stereocenters. The molecule has 0 amide bonds. The first-order valence-corrected chi connectivity index (χ1v) is 6.40. The van der Waals surface area contributed by atoms with Crippen molar-refractivity contribution < 1.29 is 4.79 Å². The Labute approximate surface area is 104 Å². The monoisotopic (exact) mass is 234 g/mol. The second-order valence-electron chi connectivity index (χ2n) is 4.21. The van der Waals surface area contributed by atoms with Crippen LogP contribution in [0.2, 0.25) is 0 Å². The molecular formula is C14H22N2O. The molecule has 1 aromatic rings. The summed E-state index contributed by atoms with van der Waals surface area (Å²) in [5.74, 6) is 0.405. The van der Waals surface area contributed by atoms with E-state index >= 15 is 0 Å². The molecule has 1 unspecified atom stereocenters. The molecule has 2 heterocycles. The molecule has 0 radical (unpaired) electrons. The molecule has 1 aliphatic rings. The minimum atomic E-state index is 0.160. The molecule has 17 heavy (non-hydrogen) atoms. The average Bonchev–Trinajstić information content (AvgIpc) is 2.41. The highest BCUT2D eigenvalue weighted by Crippen LogP contribution is 2.19. The summed E-state index contributed by atoms with van der Waals surface area (Å²) in [5, 5.41) is 0. The Morgan fingerprint density at radius 2 is 2.24 bits per heavy atom. The van der Waals surface area contributed by atoms with Gasteiger partial charge in [0.05, 0.1) is 0 Å². The van der Waals surface area contributed by atoms with Crippen LogP contribution in [0.1, 0.15) is 37.0 Å². The summed E-state index contributed by atoms with van der Waals surface area (Å²) in [6, 6.07) is 3.67. The lowest BCUT2D eigenvalue weighted by Crippen LogP contribution is -2.36. The van der Waals surface area contributed by atoms with Crippen LogP contribution in [0.4, 0.5) is 0 Å². The molecule has 1 aromatic heterocycles. The van der Waals surface area contributed by atoms with E-state index in [1.165, 1.54) is 0 Å². The molecule has 2 rings (SSSR count). The van der Waals surface area contributed by atoms with Gasteiger partial charge in [0.2, 0.25) is 0 Å². The highest BCUT2D eigenvalue weighted by atomic mass is 16.1.